The largest absolute Gasteiger partial charge is 0.440 e. The van der Waals surface area contributed by atoms with E-state index in [4.69, 9.17) is 16.0 Å². The van der Waals surface area contributed by atoms with Gasteiger partial charge in [0.2, 0.25) is 11.8 Å². The number of nitro groups is 1. The summed E-state index contributed by atoms with van der Waals surface area (Å²) in [6, 6.07) is 2.30. The van der Waals surface area contributed by atoms with Gasteiger partial charge in [-0.15, -0.1) is 0 Å². The number of fused-ring (bicyclic) bond motifs is 2. The fourth-order valence-electron chi connectivity index (χ4n) is 3.84. The average Bonchev–Trinajstić information content (AvgIpc) is 3.35. The topological polar surface area (TPSA) is 133 Å². The van der Waals surface area contributed by atoms with Crippen LogP contribution in [-0.4, -0.2) is 35.6 Å². The number of nitrogens with one attached hydrogen (secondary N) is 1. The number of halogens is 3. The Kier molecular flexibility index (Phi) is 5.32. The number of hydrogen-bond donors (Lipinski definition) is 1. The third kappa shape index (κ3) is 4.17. The Morgan fingerprint density at radius 2 is 2.09 bits per heavy atom. The molecule has 0 spiro atoms. The van der Waals surface area contributed by atoms with Gasteiger partial charge in [0.15, 0.2) is 16.4 Å². The number of thioether (sulfide) groups is 1. The van der Waals surface area contributed by atoms with E-state index in [1.807, 2.05) is 0 Å². The second-order valence-corrected chi connectivity index (χ2v) is 9.08. The minimum atomic E-state index is -2.67. The molecule has 33 heavy (non-hydrogen) atoms. The Bertz CT molecular complexity index is 1440. The summed E-state index contributed by atoms with van der Waals surface area (Å²) in [7, 11) is 0. The van der Waals surface area contributed by atoms with Crippen LogP contribution in [0, 0.1) is 10.1 Å². The van der Waals surface area contributed by atoms with Gasteiger partial charge in [-0.1, -0.05) is 23.4 Å². The van der Waals surface area contributed by atoms with E-state index >= 15 is 0 Å². The molecule has 1 aliphatic rings. The molecule has 0 radical (unpaired) electrons. The van der Waals surface area contributed by atoms with E-state index < -0.39 is 16.4 Å². The number of oxazole rings is 1. The molecule has 0 bridgehead atoms. The quantitative estimate of drug-likeness (QED) is 0.179. The Hall–Kier alpha value is -3.06. The number of H-pyrrole nitrogens is 1. The number of alkyl halides is 2. The highest BCUT2D eigenvalue weighted by atomic mass is 35.5. The standard InChI is InChI=1S/C19H15ClF2N6O4S/c20-11-5-12-14(6-13(11)28(30)31)32-15(24-12)8-33-18-25-16-10(17(29)26-18)7-23-27(16)9-1-3-19(21,22)4-2-9/h5-7,9H,1-4,8H2,(H,25,26,29). The lowest BCUT2D eigenvalue weighted by Gasteiger charge is -2.28. The number of benzene rings is 1. The van der Waals surface area contributed by atoms with Crippen LogP contribution >= 0.6 is 23.4 Å². The summed E-state index contributed by atoms with van der Waals surface area (Å²) >= 11 is 7.05. The monoisotopic (exact) mass is 496 g/mol. The van der Waals surface area contributed by atoms with Gasteiger partial charge in [-0.2, -0.15) is 5.10 Å². The minimum Gasteiger partial charge on any atom is -0.440 e. The molecule has 1 N–H and O–H groups in total. The molecule has 3 aromatic heterocycles. The van der Waals surface area contributed by atoms with Crippen LogP contribution < -0.4 is 5.56 Å². The van der Waals surface area contributed by atoms with Crippen molar-refractivity contribution in [3.8, 4) is 0 Å². The predicted octanol–water partition coefficient (Wildman–Crippen LogP) is 4.87. The molecule has 0 unspecified atom stereocenters. The molecule has 14 heteroatoms. The number of nitrogens with zero attached hydrogens (tertiary/aromatic N) is 5. The van der Waals surface area contributed by atoms with E-state index in [1.165, 1.54) is 18.3 Å². The average molecular weight is 497 g/mol. The SMILES string of the molecule is O=c1[nH]c(SCc2nc3cc(Cl)c([N+](=O)[O-])cc3o2)nc2c1cnn2C1CCC(F)(F)CC1. The Morgan fingerprint density at radius 3 is 2.82 bits per heavy atom. The molecule has 0 saturated heterocycles. The van der Waals surface area contributed by atoms with Gasteiger partial charge in [-0.3, -0.25) is 14.9 Å². The number of hydrogen-bond acceptors (Lipinski definition) is 8. The summed E-state index contributed by atoms with van der Waals surface area (Å²) in [5.74, 6) is -2.23. The summed E-state index contributed by atoms with van der Waals surface area (Å²) in [5.41, 5.74) is 0.229. The Morgan fingerprint density at radius 1 is 1.33 bits per heavy atom. The molecule has 0 atom stereocenters. The van der Waals surface area contributed by atoms with Crippen LogP contribution in [0.25, 0.3) is 22.1 Å². The molecule has 1 aliphatic carbocycles. The van der Waals surface area contributed by atoms with Crippen molar-refractivity contribution in [1.82, 2.24) is 24.7 Å². The van der Waals surface area contributed by atoms with Gasteiger partial charge in [0.25, 0.3) is 11.2 Å². The smallest absolute Gasteiger partial charge is 0.291 e. The van der Waals surface area contributed by atoms with Crippen LogP contribution in [-0.2, 0) is 5.75 Å². The number of aromatic nitrogens is 5. The third-order valence-electron chi connectivity index (χ3n) is 5.50. The highest BCUT2D eigenvalue weighted by molar-refractivity contribution is 7.98. The van der Waals surface area contributed by atoms with Gasteiger partial charge in [-0.25, -0.2) is 23.4 Å². The van der Waals surface area contributed by atoms with E-state index in [0.717, 1.165) is 11.8 Å². The van der Waals surface area contributed by atoms with Gasteiger partial charge in [0.05, 0.1) is 29.0 Å². The molecule has 1 aromatic carbocycles. The highest BCUT2D eigenvalue weighted by Gasteiger charge is 2.36. The van der Waals surface area contributed by atoms with E-state index in [2.05, 4.69) is 20.1 Å². The first kappa shape index (κ1) is 21.8. The first-order valence-corrected chi connectivity index (χ1v) is 11.3. The van der Waals surface area contributed by atoms with Crippen molar-refractivity contribution >= 4 is 51.2 Å². The van der Waals surface area contributed by atoms with Gasteiger partial charge in [0.1, 0.15) is 15.9 Å². The number of rotatable bonds is 5. The fourth-order valence-corrected chi connectivity index (χ4v) is 4.76. The van der Waals surface area contributed by atoms with Crippen LogP contribution in [0.15, 0.2) is 32.7 Å². The molecular weight excluding hydrogens is 482 g/mol. The van der Waals surface area contributed by atoms with E-state index in [1.54, 1.807) is 4.68 Å². The van der Waals surface area contributed by atoms with Crippen LogP contribution in [0.4, 0.5) is 14.5 Å². The number of nitro benzene ring substituents is 1. The lowest BCUT2D eigenvalue weighted by Crippen LogP contribution is -2.27. The first-order valence-electron chi connectivity index (χ1n) is 9.92. The Labute approximate surface area is 192 Å². The highest BCUT2D eigenvalue weighted by Crippen LogP contribution is 2.39. The van der Waals surface area contributed by atoms with Crippen molar-refractivity contribution in [2.45, 2.75) is 48.6 Å². The third-order valence-corrected chi connectivity index (χ3v) is 6.67. The zero-order valence-corrected chi connectivity index (χ0v) is 18.3. The van der Waals surface area contributed by atoms with Crippen molar-refractivity contribution in [2.24, 2.45) is 0 Å². The van der Waals surface area contributed by atoms with E-state index in [0.29, 0.717) is 11.2 Å². The van der Waals surface area contributed by atoms with Gasteiger partial charge in [-0.05, 0) is 18.9 Å². The zero-order valence-electron chi connectivity index (χ0n) is 16.8. The first-order chi connectivity index (χ1) is 15.7. The molecule has 3 heterocycles. The van der Waals surface area contributed by atoms with Gasteiger partial charge < -0.3 is 9.40 Å². The normalized spacial score (nSPS) is 16.6. The molecule has 0 amide bonds. The Balaban J connectivity index is 1.39. The fraction of sp³-hybridized carbons (Fsp3) is 0.368. The van der Waals surface area contributed by atoms with Crippen LogP contribution in [0.5, 0.6) is 0 Å². The van der Waals surface area contributed by atoms with Crippen molar-refractivity contribution in [1.29, 1.82) is 0 Å². The number of aromatic amines is 1. The molecule has 5 rings (SSSR count). The lowest BCUT2D eigenvalue weighted by molar-refractivity contribution is -0.384. The predicted molar refractivity (Wildman–Crippen MR) is 116 cm³/mol. The summed E-state index contributed by atoms with van der Waals surface area (Å²) in [6.07, 6.45) is 1.42. The lowest BCUT2D eigenvalue weighted by atomic mass is 9.92. The van der Waals surface area contributed by atoms with Gasteiger partial charge >= 0.3 is 0 Å². The van der Waals surface area contributed by atoms with Crippen LogP contribution in [0.2, 0.25) is 5.02 Å². The molecule has 4 aromatic rings. The summed E-state index contributed by atoms with van der Waals surface area (Å²) < 4.78 is 34.2. The second kappa shape index (κ2) is 8.06. The second-order valence-electron chi connectivity index (χ2n) is 7.71. The summed E-state index contributed by atoms with van der Waals surface area (Å²) in [6.45, 7) is 0. The maximum atomic E-state index is 13.5. The van der Waals surface area contributed by atoms with E-state index in [9.17, 15) is 23.7 Å². The van der Waals surface area contributed by atoms with Crippen LogP contribution in [0.3, 0.4) is 0 Å². The molecule has 0 aliphatic heterocycles. The van der Waals surface area contributed by atoms with Crippen molar-refractivity contribution in [3.63, 3.8) is 0 Å². The van der Waals surface area contributed by atoms with Crippen molar-refractivity contribution in [2.75, 3.05) is 0 Å². The van der Waals surface area contributed by atoms with Crippen molar-refractivity contribution in [3.05, 3.63) is 49.7 Å². The van der Waals surface area contributed by atoms with Crippen LogP contribution in [0.1, 0.15) is 37.6 Å². The van der Waals surface area contributed by atoms with Gasteiger partial charge in [0, 0.05) is 12.8 Å². The molecule has 172 valence electrons. The molecule has 1 saturated carbocycles. The maximum Gasteiger partial charge on any atom is 0.291 e. The minimum absolute atomic E-state index is 0.0508. The zero-order chi connectivity index (χ0) is 23.3. The molecule has 10 nitrogen and oxygen atoms in total. The van der Waals surface area contributed by atoms with E-state index in [-0.39, 0.29) is 70.2 Å². The summed E-state index contributed by atoms with van der Waals surface area (Å²) in [4.78, 5) is 34.3. The molecular formula is C19H15ClF2N6O4S. The maximum absolute atomic E-state index is 13.5. The summed E-state index contributed by atoms with van der Waals surface area (Å²) in [5, 5.41) is 15.8. The van der Waals surface area contributed by atoms with Crippen molar-refractivity contribution < 1.29 is 18.1 Å². The molecule has 1 fully saturated rings.